The van der Waals surface area contributed by atoms with E-state index in [2.05, 4.69) is 11.4 Å². The molecule has 1 saturated heterocycles. The Bertz CT molecular complexity index is 853. The van der Waals surface area contributed by atoms with Crippen LogP contribution < -0.4 is 10.1 Å². The van der Waals surface area contributed by atoms with Crippen molar-refractivity contribution in [3.63, 3.8) is 0 Å². The number of nitrogens with zero attached hydrogens (tertiary/aromatic N) is 1. The van der Waals surface area contributed by atoms with E-state index >= 15 is 0 Å². The van der Waals surface area contributed by atoms with Crippen molar-refractivity contribution in [2.24, 2.45) is 0 Å². The first-order valence-corrected chi connectivity index (χ1v) is 8.91. The number of ether oxygens (including phenoxy) is 2. The summed E-state index contributed by atoms with van der Waals surface area (Å²) in [6, 6.07) is 13.1. The quantitative estimate of drug-likeness (QED) is 0.872. The van der Waals surface area contributed by atoms with Gasteiger partial charge in [0, 0.05) is 13.2 Å². The molecule has 5 nitrogen and oxygen atoms in total. The monoisotopic (exact) mass is 368 g/mol. The molecule has 1 N–H and O–H groups in total. The Kier molecular flexibility index (Phi) is 5.72. The van der Waals surface area contributed by atoms with Crippen molar-refractivity contribution in [2.45, 2.75) is 25.2 Å². The molecule has 0 aromatic heterocycles. The Hall–Kier alpha value is -2.91. The van der Waals surface area contributed by atoms with E-state index in [4.69, 9.17) is 9.47 Å². The average molecular weight is 368 g/mol. The predicted molar refractivity (Wildman–Crippen MR) is 99.1 cm³/mol. The van der Waals surface area contributed by atoms with Gasteiger partial charge in [0.2, 0.25) is 5.91 Å². The summed E-state index contributed by atoms with van der Waals surface area (Å²) in [6.45, 7) is 3.24. The Balaban J connectivity index is 1.92. The molecule has 0 bridgehead atoms. The number of benzene rings is 2. The lowest BCUT2D eigenvalue weighted by atomic mass is 9.73. The van der Waals surface area contributed by atoms with Crippen molar-refractivity contribution in [1.82, 2.24) is 0 Å². The first-order chi connectivity index (χ1) is 13.1. The lowest BCUT2D eigenvalue weighted by Crippen LogP contribution is -2.45. The first kappa shape index (κ1) is 18.9. The number of rotatable bonds is 5. The summed E-state index contributed by atoms with van der Waals surface area (Å²) >= 11 is 0. The largest absolute Gasteiger partial charge is 0.494 e. The Morgan fingerprint density at radius 3 is 2.59 bits per heavy atom. The van der Waals surface area contributed by atoms with Gasteiger partial charge >= 0.3 is 0 Å². The summed E-state index contributed by atoms with van der Waals surface area (Å²) in [5.41, 5.74) is 0.681. The van der Waals surface area contributed by atoms with Crippen molar-refractivity contribution in [3.05, 3.63) is 59.4 Å². The third-order valence-electron chi connectivity index (χ3n) is 4.85. The van der Waals surface area contributed by atoms with Crippen LogP contribution in [-0.2, 0) is 14.9 Å². The minimum Gasteiger partial charge on any atom is -0.494 e. The van der Waals surface area contributed by atoms with Gasteiger partial charge in [-0.1, -0.05) is 12.1 Å². The lowest BCUT2D eigenvalue weighted by molar-refractivity contribution is -0.125. The van der Waals surface area contributed by atoms with E-state index in [1.54, 1.807) is 30.3 Å². The van der Waals surface area contributed by atoms with Gasteiger partial charge in [0.25, 0.3) is 0 Å². The summed E-state index contributed by atoms with van der Waals surface area (Å²) in [5, 5.41) is 12.3. The molecule has 6 heteroatoms. The number of halogens is 1. The maximum absolute atomic E-state index is 13.4. The number of carbonyl (C=O) groups excluding carboxylic acids is 1. The maximum atomic E-state index is 13.4. The predicted octanol–water partition coefficient (Wildman–Crippen LogP) is 3.78. The van der Waals surface area contributed by atoms with Gasteiger partial charge in [-0.15, -0.1) is 0 Å². The highest BCUT2D eigenvalue weighted by Gasteiger charge is 2.42. The Labute approximate surface area is 157 Å². The smallest absolute Gasteiger partial charge is 0.235 e. The summed E-state index contributed by atoms with van der Waals surface area (Å²) in [4.78, 5) is 13.3. The summed E-state index contributed by atoms with van der Waals surface area (Å²) in [5.74, 6) is 0.00378. The molecule has 27 heavy (non-hydrogen) atoms. The molecule has 0 radical (unpaired) electrons. The highest BCUT2D eigenvalue weighted by atomic mass is 19.1. The lowest BCUT2D eigenvalue weighted by Gasteiger charge is -2.36. The molecule has 1 aliphatic heterocycles. The maximum Gasteiger partial charge on any atom is 0.235 e. The molecule has 1 heterocycles. The highest BCUT2D eigenvalue weighted by molar-refractivity contribution is 6.00. The number of nitriles is 1. The van der Waals surface area contributed by atoms with Crippen LogP contribution >= 0.6 is 0 Å². The van der Waals surface area contributed by atoms with Crippen molar-refractivity contribution < 1.29 is 18.7 Å². The first-order valence-electron chi connectivity index (χ1n) is 8.91. The van der Waals surface area contributed by atoms with Crippen LogP contribution in [0.2, 0.25) is 0 Å². The van der Waals surface area contributed by atoms with Gasteiger partial charge in [-0.2, -0.15) is 5.26 Å². The number of amides is 1. The molecule has 0 saturated carbocycles. The number of anilines is 1. The van der Waals surface area contributed by atoms with Crippen molar-refractivity contribution in [3.8, 4) is 11.8 Å². The molecule has 2 aromatic carbocycles. The summed E-state index contributed by atoms with van der Waals surface area (Å²) in [7, 11) is 0. The Morgan fingerprint density at radius 2 is 1.96 bits per heavy atom. The molecule has 140 valence electrons. The molecule has 0 unspecified atom stereocenters. The molecular weight excluding hydrogens is 347 g/mol. The van der Waals surface area contributed by atoms with E-state index in [1.165, 1.54) is 12.1 Å². The fourth-order valence-corrected chi connectivity index (χ4v) is 3.36. The SMILES string of the molecule is CCOc1ccc(NC(=O)C2(c3ccc(F)cc3)CCOCC2)c(C#N)c1. The van der Waals surface area contributed by atoms with E-state index in [1.807, 2.05) is 6.92 Å². The normalized spacial score (nSPS) is 15.6. The number of hydrogen-bond acceptors (Lipinski definition) is 4. The van der Waals surface area contributed by atoms with Gasteiger partial charge in [0.1, 0.15) is 17.6 Å². The summed E-state index contributed by atoms with van der Waals surface area (Å²) < 4.78 is 24.2. The molecule has 1 fully saturated rings. The van der Waals surface area contributed by atoms with E-state index in [0.717, 1.165) is 5.56 Å². The Morgan fingerprint density at radius 1 is 1.26 bits per heavy atom. The van der Waals surface area contributed by atoms with Crippen LogP contribution in [0.15, 0.2) is 42.5 Å². The van der Waals surface area contributed by atoms with Crippen LogP contribution in [0.5, 0.6) is 5.75 Å². The number of hydrogen-bond donors (Lipinski definition) is 1. The van der Waals surface area contributed by atoms with E-state index in [9.17, 15) is 14.4 Å². The van der Waals surface area contributed by atoms with Crippen molar-refractivity contribution >= 4 is 11.6 Å². The second kappa shape index (κ2) is 8.19. The van der Waals surface area contributed by atoms with Crippen LogP contribution in [0.25, 0.3) is 0 Å². The van der Waals surface area contributed by atoms with Gasteiger partial charge in [0.15, 0.2) is 0 Å². The molecule has 0 atom stereocenters. The van der Waals surface area contributed by atoms with Crippen LogP contribution in [0, 0.1) is 17.1 Å². The zero-order valence-electron chi connectivity index (χ0n) is 15.1. The van der Waals surface area contributed by atoms with E-state index in [-0.39, 0.29) is 11.7 Å². The number of carbonyl (C=O) groups is 1. The fourth-order valence-electron chi connectivity index (χ4n) is 3.36. The van der Waals surface area contributed by atoms with Crippen LogP contribution in [0.3, 0.4) is 0 Å². The zero-order chi connectivity index (χ0) is 19.3. The third-order valence-corrected chi connectivity index (χ3v) is 4.85. The highest BCUT2D eigenvalue weighted by Crippen LogP contribution is 2.37. The minimum absolute atomic E-state index is 0.224. The second-order valence-electron chi connectivity index (χ2n) is 6.41. The second-order valence-corrected chi connectivity index (χ2v) is 6.41. The molecule has 0 aliphatic carbocycles. The van der Waals surface area contributed by atoms with Gasteiger partial charge in [-0.25, -0.2) is 4.39 Å². The number of nitrogens with one attached hydrogen (secondary N) is 1. The van der Waals surface area contributed by atoms with Crippen LogP contribution in [0.4, 0.5) is 10.1 Å². The van der Waals surface area contributed by atoms with Crippen molar-refractivity contribution in [2.75, 3.05) is 25.1 Å². The van der Waals surface area contributed by atoms with E-state index < -0.39 is 5.41 Å². The molecular formula is C21H21FN2O3. The van der Waals surface area contributed by atoms with Crippen LogP contribution in [0.1, 0.15) is 30.9 Å². The van der Waals surface area contributed by atoms with E-state index in [0.29, 0.717) is 49.7 Å². The zero-order valence-corrected chi connectivity index (χ0v) is 15.1. The molecule has 1 aliphatic rings. The van der Waals surface area contributed by atoms with Gasteiger partial charge < -0.3 is 14.8 Å². The molecule has 2 aromatic rings. The molecule has 3 rings (SSSR count). The van der Waals surface area contributed by atoms with Crippen molar-refractivity contribution in [1.29, 1.82) is 5.26 Å². The fraction of sp³-hybridized carbons (Fsp3) is 0.333. The van der Waals surface area contributed by atoms with Gasteiger partial charge in [0.05, 0.1) is 23.3 Å². The topological polar surface area (TPSA) is 71.3 Å². The average Bonchev–Trinajstić information content (AvgIpc) is 2.70. The standard InChI is InChI=1S/C21H21FN2O3/c1-2-27-18-7-8-19(15(13-18)14-23)24-20(25)21(9-11-26-12-10-21)16-3-5-17(22)6-4-16/h3-8,13H,2,9-12H2,1H3,(H,24,25). The van der Waals surface area contributed by atoms with Gasteiger partial charge in [-0.05, 0) is 55.7 Å². The van der Waals surface area contributed by atoms with Crippen LogP contribution in [-0.4, -0.2) is 25.7 Å². The third kappa shape index (κ3) is 3.93. The molecule has 0 spiro atoms. The van der Waals surface area contributed by atoms with Gasteiger partial charge in [-0.3, -0.25) is 4.79 Å². The molecule has 1 amide bonds. The minimum atomic E-state index is -0.822. The summed E-state index contributed by atoms with van der Waals surface area (Å²) in [6.07, 6.45) is 0.979.